The number of hydrogen-bond acceptors (Lipinski definition) is 3. The lowest BCUT2D eigenvalue weighted by atomic mass is 9.49. The van der Waals surface area contributed by atoms with E-state index in [9.17, 15) is 5.11 Å². The van der Waals surface area contributed by atoms with Crippen LogP contribution in [0.25, 0.3) is 0 Å². The SMILES string of the molecule is CN(C)CCCc1ccc([C@H]2C[C@@]3(C)[C@@H](CC[C@@]34C=CCO4)[C@@H]3CCc4cc(O)ccc4[C@H]32)cc1. The van der Waals surface area contributed by atoms with E-state index < -0.39 is 0 Å². The molecule has 2 saturated carbocycles. The molecule has 1 heterocycles. The first-order valence-electron chi connectivity index (χ1n) is 13.8. The van der Waals surface area contributed by atoms with Crippen molar-refractivity contribution < 1.29 is 9.84 Å². The maximum atomic E-state index is 10.2. The summed E-state index contributed by atoms with van der Waals surface area (Å²) in [5, 5.41) is 10.2. The summed E-state index contributed by atoms with van der Waals surface area (Å²) in [7, 11) is 4.30. The van der Waals surface area contributed by atoms with Crippen LogP contribution in [0.3, 0.4) is 0 Å². The van der Waals surface area contributed by atoms with E-state index in [1.54, 1.807) is 0 Å². The molecule has 2 aromatic rings. The highest BCUT2D eigenvalue weighted by Gasteiger charge is 2.64. The van der Waals surface area contributed by atoms with Crippen LogP contribution in [0.4, 0.5) is 0 Å². The molecule has 35 heavy (non-hydrogen) atoms. The van der Waals surface area contributed by atoms with Gasteiger partial charge in [-0.3, -0.25) is 0 Å². The van der Waals surface area contributed by atoms with Gasteiger partial charge in [0.1, 0.15) is 5.75 Å². The molecule has 0 unspecified atom stereocenters. The predicted octanol–water partition coefficient (Wildman–Crippen LogP) is 6.46. The van der Waals surface area contributed by atoms with Crippen LogP contribution in [-0.4, -0.2) is 42.9 Å². The molecular weight excluding hydrogens is 430 g/mol. The number of rotatable bonds is 5. The Bertz CT molecular complexity index is 1110. The number of ether oxygens (including phenoxy) is 1. The van der Waals surface area contributed by atoms with Crippen molar-refractivity contribution in [2.24, 2.45) is 17.3 Å². The van der Waals surface area contributed by atoms with Gasteiger partial charge in [-0.25, -0.2) is 0 Å². The first kappa shape index (κ1) is 23.3. The Balaban J connectivity index is 1.38. The Kier molecular flexibility index (Phi) is 5.85. The number of hydrogen-bond donors (Lipinski definition) is 1. The van der Waals surface area contributed by atoms with E-state index >= 15 is 0 Å². The van der Waals surface area contributed by atoms with Crippen molar-refractivity contribution in [1.29, 1.82) is 0 Å². The van der Waals surface area contributed by atoms with Crippen molar-refractivity contribution in [2.45, 2.75) is 69.3 Å². The van der Waals surface area contributed by atoms with Crippen molar-refractivity contribution in [1.82, 2.24) is 4.90 Å². The summed E-state index contributed by atoms with van der Waals surface area (Å²) < 4.78 is 6.56. The van der Waals surface area contributed by atoms with Crippen molar-refractivity contribution in [3.8, 4) is 5.75 Å². The average molecular weight is 472 g/mol. The van der Waals surface area contributed by atoms with Crippen molar-refractivity contribution in [2.75, 3.05) is 27.2 Å². The van der Waals surface area contributed by atoms with E-state index in [0.717, 1.165) is 32.4 Å². The molecule has 6 rings (SSSR count). The van der Waals surface area contributed by atoms with Crippen LogP contribution in [0.2, 0.25) is 0 Å². The third-order valence-electron chi connectivity index (χ3n) is 10.2. The van der Waals surface area contributed by atoms with E-state index in [2.05, 4.69) is 68.4 Å². The van der Waals surface area contributed by atoms with Crippen LogP contribution in [0.15, 0.2) is 54.6 Å². The highest BCUT2D eigenvalue weighted by molar-refractivity contribution is 5.44. The van der Waals surface area contributed by atoms with Gasteiger partial charge in [-0.05, 0) is 124 Å². The molecule has 4 aliphatic rings. The largest absolute Gasteiger partial charge is 0.508 e. The Morgan fingerprint density at radius 2 is 1.91 bits per heavy atom. The van der Waals surface area contributed by atoms with Crippen LogP contribution in [0.5, 0.6) is 5.75 Å². The maximum absolute atomic E-state index is 10.2. The minimum Gasteiger partial charge on any atom is -0.508 e. The zero-order valence-electron chi connectivity index (χ0n) is 21.7. The highest BCUT2D eigenvalue weighted by Crippen LogP contribution is 2.69. The predicted molar refractivity (Wildman–Crippen MR) is 142 cm³/mol. The fraction of sp³-hybridized carbons (Fsp3) is 0.562. The third-order valence-corrected chi connectivity index (χ3v) is 10.2. The standard InChI is InChI=1S/C32H41NO2/c1-31-21-28(23-9-7-22(8-10-23)6-4-18-33(2)3)30-26-14-12-25(34)20-24(26)11-13-27(30)29(31)15-17-32(31)16-5-19-35-32/h5,7-10,12,14,16,20,27-30,34H,4,6,11,13,15,17-19,21H2,1-3H3/t27-,28+,29-,30+,31-,32-/m0/s1. The quantitative estimate of drug-likeness (QED) is 0.508. The summed E-state index contributed by atoms with van der Waals surface area (Å²) in [4.78, 5) is 2.27. The lowest BCUT2D eigenvalue weighted by Crippen LogP contribution is -2.52. The molecule has 3 heteroatoms. The van der Waals surface area contributed by atoms with E-state index in [4.69, 9.17) is 4.74 Å². The maximum Gasteiger partial charge on any atom is 0.115 e. The summed E-state index contributed by atoms with van der Waals surface area (Å²) in [6.07, 6.45) is 12.9. The van der Waals surface area contributed by atoms with E-state index in [1.807, 2.05) is 12.1 Å². The molecule has 6 atom stereocenters. The minimum absolute atomic E-state index is 0.0811. The van der Waals surface area contributed by atoms with E-state index in [1.165, 1.54) is 47.9 Å². The van der Waals surface area contributed by atoms with Gasteiger partial charge in [0.25, 0.3) is 0 Å². The zero-order chi connectivity index (χ0) is 24.2. The van der Waals surface area contributed by atoms with Crippen LogP contribution in [0.1, 0.15) is 73.1 Å². The van der Waals surface area contributed by atoms with Gasteiger partial charge in [0.05, 0.1) is 12.2 Å². The Morgan fingerprint density at radius 1 is 1.09 bits per heavy atom. The lowest BCUT2D eigenvalue weighted by Gasteiger charge is -2.56. The highest BCUT2D eigenvalue weighted by atomic mass is 16.5. The lowest BCUT2D eigenvalue weighted by molar-refractivity contribution is -0.101. The number of nitrogens with zero attached hydrogens (tertiary/aromatic N) is 1. The smallest absolute Gasteiger partial charge is 0.115 e. The van der Waals surface area contributed by atoms with Crippen molar-refractivity contribution in [3.05, 3.63) is 76.9 Å². The number of aromatic hydroxyl groups is 1. The summed E-state index contributed by atoms with van der Waals surface area (Å²) in [6, 6.07) is 15.8. The molecule has 2 fully saturated rings. The number of aryl methyl sites for hydroxylation is 2. The van der Waals surface area contributed by atoms with Gasteiger partial charge in [0.15, 0.2) is 0 Å². The van der Waals surface area contributed by atoms with Gasteiger partial charge in [-0.15, -0.1) is 0 Å². The average Bonchev–Trinajstić information content (AvgIpc) is 3.44. The van der Waals surface area contributed by atoms with E-state index in [-0.39, 0.29) is 11.0 Å². The molecule has 3 aliphatic carbocycles. The van der Waals surface area contributed by atoms with Crippen molar-refractivity contribution in [3.63, 3.8) is 0 Å². The van der Waals surface area contributed by atoms with Gasteiger partial charge < -0.3 is 14.7 Å². The van der Waals surface area contributed by atoms with Gasteiger partial charge >= 0.3 is 0 Å². The van der Waals surface area contributed by atoms with Gasteiger partial charge in [0.2, 0.25) is 0 Å². The minimum atomic E-state index is -0.0811. The molecule has 2 aromatic carbocycles. The normalized spacial score (nSPS) is 35.3. The van der Waals surface area contributed by atoms with Crippen LogP contribution >= 0.6 is 0 Å². The summed E-state index contributed by atoms with van der Waals surface area (Å²) in [6.45, 7) is 4.45. The Morgan fingerprint density at radius 3 is 2.66 bits per heavy atom. The van der Waals surface area contributed by atoms with Gasteiger partial charge in [0, 0.05) is 5.41 Å². The molecule has 3 nitrogen and oxygen atoms in total. The van der Waals surface area contributed by atoms with Crippen LogP contribution in [-0.2, 0) is 17.6 Å². The molecule has 0 saturated heterocycles. The molecule has 1 aliphatic heterocycles. The number of phenols is 1. The number of fused-ring (bicyclic) bond motifs is 6. The van der Waals surface area contributed by atoms with E-state index in [0.29, 0.717) is 29.4 Å². The Hall–Kier alpha value is -2.10. The first-order chi connectivity index (χ1) is 16.9. The van der Waals surface area contributed by atoms with Crippen LogP contribution < -0.4 is 0 Å². The van der Waals surface area contributed by atoms with Gasteiger partial charge in [-0.2, -0.15) is 0 Å². The second-order valence-corrected chi connectivity index (χ2v) is 12.2. The molecular formula is C32H41NO2. The fourth-order valence-corrected chi connectivity index (χ4v) is 8.57. The van der Waals surface area contributed by atoms with Crippen molar-refractivity contribution >= 4 is 0 Å². The van der Waals surface area contributed by atoms with Gasteiger partial charge in [-0.1, -0.05) is 49.4 Å². The summed E-state index contributed by atoms with van der Waals surface area (Å²) in [5.74, 6) is 2.78. The third kappa shape index (κ3) is 3.78. The van der Waals surface area contributed by atoms with Crippen LogP contribution in [0, 0.1) is 17.3 Å². The topological polar surface area (TPSA) is 32.7 Å². The monoisotopic (exact) mass is 471 g/mol. The molecule has 1 spiro atoms. The number of benzene rings is 2. The summed E-state index contributed by atoms with van der Waals surface area (Å²) in [5.41, 5.74) is 5.88. The molecule has 1 N–H and O–H groups in total. The fourth-order valence-electron chi connectivity index (χ4n) is 8.57. The number of phenolic OH excluding ortho intramolecular Hbond substituents is 1. The Labute approximate surface area is 211 Å². The first-order valence-corrected chi connectivity index (χ1v) is 13.8. The second-order valence-electron chi connectivity index (χ2n) is 12.2. The molecule has 0 bridgehead atoms. The summed E-state index contributed by atoms with van der Waals surface area (Å²) >= 11 is 0. The molecule has 0 amide bonds. The molecule has 0 radical (unpaired) electrons. The molecule has 0 aromatic heterocycles. The zero-order valence-corrected chi connectivity index (χ0v) is 21.7. The second kappa shape index (κ2) is 8.78. The molecule has 186 valence electrons.